The molecule has 0 aromatic carbocycles. The molecule has 1 fully saturated rings. The zero-order valence-corrected chi connectivity index (χ0v) is 8.39. The van der Waals surface area contributed by atoms with Crippen LogP contribution in [0.25, 0.3) is 0 Å². The summed E-state index contributed by atoms with van der Waals surface area (Å²) in [6.45, 7) is 8.10. The summed E-state index contributed by atoms with van der Waals surface area (Å²) in [7, 11) is 4.31. The predicted octanol–water partition coefficient (Wildman–Crippen LogP) is 1.38. The molecule has 0 aromatic rings. The van der Waals surface area contributed by atoms with E-state index in [0.29, 0.717) is 11.7 Å². The fraction of sp³-hybridized carbons (Fsp3) is 1.00. The number of rotatable bonds is 1. The smallest absolute Gasteiger partial charge is 0.0634 e. The Morgan fingerprint density at radius 3 is 1.91 bits per heavy atom. The third-order valence-electron chi connectivity index (χ3n) is 2.45. The van der Waals surface area contributed by atoms with E-state index in [9.17, 15) is 0 Å². The minimum absolute atomic E-state index is 0.340. The molecule has 1 unspecified atom stereocenters. The van der Waals surface area contributed by atoms with Crippen molar-refractivity contribution >= 4 is 0 Å². The molecule has 0 amide bonds. The highest BCUT2D eigenvalue weighted by atomic mass is 15.4. The Bertz CT molecular complexity index is 135. The molecule has 1 heterocycles. The van der Waals surface area contributed by atoms with Crippen LogP contribution < -0.4 is 0 Å². The van der Waals surface area contributed by atoms with Crippen LogP contribution in [0.15, 0.2) is 0 Å². The van der Waals surface area contributed by atoms with Crippen molar-refractivity contribution in [2.75, 3.05) is 20.6 Å². The molecule has 0 saturated carbocycles. The van der Waals surface area contributed by atoms with E-state index in [1.807, 2.05) is 0 Å². The molecule has 66 valence electrons. The summed E-state index contributed by atoms with van der Waals surface area (Å²) in [4.78, 5) is 4.84. The molecule has 0 bridgehead atoms. The van der Waals surface area contributed by atoms with Gasteiger partial charge in [-0.25, -0.2) is 0 Å². The van der Waals surface area contributed by atoms with E-state index in [2.05, 4.69) is 44.7 Å². The van der Waals surface area contributed by atoms with Crippen molar-refractivity contribution in [1.82, 2.24) is 9.80 Å². The molecule has 2 nitrogen and oxygen atoms in total. The van der Waals surface area contributed by atoms with Gasteiger partial charge in [0.2, 0.25) is 0 Å². The molecule has 1 atom stereocenters. The number of nitrogens with zero attached hydrogens (tertiary/aromatic N) is 2. The van der Waals surface area contributed by atoms with Crippen LogP contribution in [-0.2, 0) is 0 Å². The normalized spacial score (nSPS) is 27.3. The van der Waals surface area contributed by atoms with Crippen LogP contribution in [-0.4, -0.2) is 42.1 Å². The summed E-state index contributed by atoms with van der Waals surface area (Å²) in [6, 6.07) is 0. The largest absolute Gasteiger partial charge is 0.294 e. The van der Waals surface area contributed by atoms with Gasteiger partial charge in [0.05, 0.1) is 6.17 Å². The Balaban J connectivity index is 2.50. The Hall–Kier alpha value is -0.0800. The van der Waals surface area contributed by atoms with Crippen LogP contribution in [0.4, 0.5) is 0 Å². The fourth-order valence-corrected chi connectivity index (χ4v) is 1.69. The molecule has 1 saturated heterocycles. The second-order valence-corrected chi connectivity index (χ2v) is 4.60. The lowest BCUT2D eigenvalue weighted by Crippen LogP contribution is -2.62. The second kappa shape index (κ2) is 2.76. The average molecular weight is 156 g/mol. The monoisotopic (exact) mass is 156 g/mol. The van der Waals surface area contributed by atoms with Crippen LogP contribution in [0.2, 0.25) is 0 Å². The first-order valence-corrected chi connectivity index (χ1v) is 4.36. The van der Waals surface area contributed by atoms with Crippen molar-refractivity contribution < 1.29 is 0 Å². The molecule has 2 heteroatoms. The first-order valence-electron chi connectivity index (χ1n) is 4.36. The Morgan fingerprint density at radius 2 is 1.82 bits per heavy atom. The summed E-state index contributed by atoms with van der Waals surface area (Å²) in [6.07, 6.45) is 2.00. The van der Waals surface area contributed by atoms with Gasteiger partial charge in [-0.1, -0.05) is 0 Å². The van der Waals surface area contributed by atoms with Gasteiger partial charge >= 0.3 is 0 Å². The molecule has 0 aromatic heterocycles. The Morgan fingerprint density at radius 1 is 1.27 bits per heavy atom. The van der Waals surface area contributed by atoms with E-state index in [0.717, 1.165) is 0 Å². The highest BCUT2D eigenvalue weighted by Gasteiger charge is 2.36. The number of likely N-dealkylation sites (tertiary alicyclic amines) is 1. The third-order valence-corrected chi connectivity index (χ3v) is 2.45. The quantitative estimate of drug-likeness (QED) is 0.566. The topological polar surface area (TPSA) is 6.48 Å². The molecule has 0 aliphatic carbocycles. The van der Waals surface area contributed by atoms with Crippen LogP contribution >= 0.6 is 0 Å². The van der Waals surface area contributed by atoms with Crippen molar-refractivity contribution in [3.05, 3.63) is 0 Å². The van der Waals surface area contributed by atoms with E-state index in [1.165, 1.54) is 13.0 Å². The van der Waals surface area contributed by atoms with Gasteiger partial charge in [0.15, 0.2) is 0 Å². The maximum atomic E-state index is 2.53. The van der Waals surface area contributed by atoms with Crippen LogP contribution in [0.5, 0.6) is 0 Å². The van der Waals surface area contributed by atoms with Crippen LogP contribution in [0.1, 0.15) is 27.2 Å². The molecule has 1 aliphatic rings. The molecular weight excluding hydrogens is 136 g/mol. The van der Waals surface area contributed by atoms with Gasteiger partial charge in [-0.2, -0.15) is 0 Å². The van der Waals surface area contributed by atoms with Gasteiger partial charge in [0.1, 0.15) is 0 Å². The Kier molecular flexibility index (Phi) is 2.26. The molecular formula is C9H20N2. The van der Waals surface area contributed by atoms with Gasteiger partial charge in [0.25, 0.3) is 0 Å². The summed E-state index contributed by atoms with van der Waals surface area (Å²) in [5.74, 6) is 0. The average Bonchev–Trinajstić information content (AvgIpc) is 1.51. The van der Waals surface area contributed by atoms with E-state index >= 15 is 0 Å². The first kappa shape index (κ1) is 9.01. The summed E-state index contributed by atoms with van der Waals surface area (Å²) in [5, 5.41) is 0. The Labute approximate surface area is 70.2 Å². The van der Waals surface area contributed by atoms with E-state index in [1.54, 1.807) is 0 Å². The predicted molar refractivity (Wildman–Crippen MR) is 48.6 cm³/mol. The van der Waals surface area contributed by atoms with E-state index < -0.39 is 0 Å². The number of hydrogen-bond donors (Lipinski definition) is 0. The van der Waals surface area contributed by atoms with Crippen LogP contribution in [0.3, 0.4) is 0 Å². The maximum Gasteiger partial charge on any atom is 0.0634 e. The summed E-state index contributed by atoms with van der Waals surface area (Å²) in [5.41, 5.74) is 0.340. The van der Waals surface area contributed by atoms with E-state index in [4.69, 9.17) is 0 Å². The zero-order valence-electron chi connectivity index (χ0n) is 8.39. The highest BCUT2D eigenvalue weighted by Crippen LogP contribution is 2.27. The van der Waals surface area contributed by atoms with Gasteiger partial charge in [-0.15, -0.1) is 0 Å². The zero-order chi connectivity index (χ0) is 8.65. The lowest BCUT2D eigenvalue weighted by molar-refractivity contribution is -0.0684. The van der Waals surface area contributed by atoms with Crippen molar-refractivity contribution in [3.63, 3.8) is 0 Å². The lowest BCUT2D eigenvalue weighted by atomic mass is 9.97. The molecule has 1 aliphatic heterocycles. The summed E-state index contributed by atoms with van der Waals surface area (Å²) >= 11 is 0. The SMILES string of the molecule is CN(C)C1CCN1C(C)(C)C. The van der Waals surface area contributed by atoms with Crippen molar-refractivity contribution in [2.24, 2.45) is 0 Å². The molecule has 11 heavy (non-hydrogen) atoms. The molecule has 0 spiro atoms. The molecule has 0 radical (unpaired) electrons. The van der Waals surface area contributed by atoms with Crippen molar-refractivity contribution in [3.8, 4) is 0 Å². The molecule has 1 rings (SSSR count). The van der Waals surface area contributed by atoms with Gasteiger partial charge in [-0.3, -0.25) is 9.80 Å². The van der Waals surface area contributed by atoms with Gasteiger partial charge in [-0.05, 0) is 41.3 Å². The van der Waals surface area contributed by atoms with Crippen molar-refractivity contribution in [2.45, 2.75) is 38.9 Å². The van der Waals surface area contributed by atoms with Gasteiger partial charge in [0, 0.05) is 12.1 Å². The standard InChI is InChI=1S/C9H20N2/c1-9(2,3)11-7-6-8(11)10(4)5/h8H,6-7H2,1-5H3. The van der Waals surface area contributed by atoms with E-state index in [-0.39, 0.29) is 0 Å². The highest BCUT2D eigenvalue weighted by molar-refractivity contribution is 4.89. The fourth-order valence-electron chi connectivity index (χ4n) is 1.69. The maximum absolute atomic E-state index is 2.53. The van der Waals surface area contributed by atoms with Crippen molar-refractivity contribution in [1.29, 1.82) is 0 Å². The summed E-state index contributed by atoms with van der Waals surface area (Å²) < 4.78 is 0. The number of hydrogen-bond acceptors (Lipinski definition) is 2. The minimum Gasteiger partial charge on any atom is -0.294 e. The van der Waals surface area contributed by atoms with Gasteiger partial charge < -0.3 is 0 Å². The lowest BCUT2D eigenvalue weighted by Gasteiger charge is -2.52. The molecule has 0 N–H and O–H groups in total. The second-order valence-electron chi connectivity index (χ2n) is 4.60. The minimum atomic E-state index is 0.340. The first-order chi connectivity index (χ1) is 4.93. The van der Waals surface area contributed by atoms with Crippen LogP contribution in [0, 0.1) is 0 Å². The third kappa shape index (κ3) is 1.74.